The summed E-state index contributed by atoms with van der Waals surface area (Å²) in [4.78, 5) is 15.9. The van der Waals surface area contributed by atoms with Crippen LogP contribution in [0, 0.1) is 6.92 Å². The van der Waals surface area contributed by atoms with E-state index >= 15 is 0 Å². The van der Waals surface area contributed by atoms with E-state index in [1.54, 1.807) is 12.1 Å². The van der Waals surface area contributed by atoms with Gasteiger partial charge in [0.05, 0.1) is 11.4 Å². The second kappa shape index (κ2) is 9.84. The van der Waals surface area contributed by atoms with Crippen LogP contribution in [0.25, 0.3) is 11.4 Å². The molecule has 174 valence electrons. The normalized spacial score (nSPS) is 15.0. The number of nitrogens with one attached hydrogen (secondary N) is 1. The molecule has 0 radical (unpaired) electrons. The summed E-state index contributed by atoms with van der Waals surface area (Å²) in [5.74, 6) is 0.486. The van der Waals surface area contributed by atoms with Gasteiger partial charge in [0.2, 0.25) is 27.6 Å². The summed E-state index contributed by atoms with van der Waals surface area (Å²) < 4.78 is 34.2. The number of carbonyl (C=O) groups is 1. The number of amides is 1. The summed E-state index contributed by atoms with van der Waals surface area (Å²) in [6, 6.07) is 13.8. The average Bonchev–Trinajstić information content (AvgIpc) is 3.27. The van der Waals surface area contributed by atoms with E-state index in [9.17, 15) is 13.2 Å². The van der Waals surface area contributed by atoms with E-state index in [2.05, 4.69) is 15.5 Å². The molecule has 1 aliphatic rings. The highest BCUT2D eigenvalue weighted by Crippen LogP contribution is 2.30. The van der Waals surface area contributed by atoms with Gasteiger partial charge in [0, 0.05) is 24.2 Å². The van der Waals surface area contributed by atoms with Gasteiger partial charge in [-0.05, 0) is 50.1 Å². The van der Waals surface area contributed by atoms with Crippen molar-refractivity contribution in [3.63, 3.8) is 0 Å². The number of aryl methyl sites for hydroxylation is 1. The minimum Gasteiger partial charge on any atom is -0.338 e. The number of aromatic nitrogens is 2. The third kappa shape index (κ3) is 5.48. The summed E-state index contributed by atoms with van der Waals surface area (Å²) >= 11 is 0. The van der Waals surface area contributed by atoms with Crippen LogP contribution in [0.5, 0.6) is 0 Å². The number of sulfonamides is 1. The summed E-state index contributed by atoms with van der Waals surface area (Å²) in [5, 5.41) is 6.73. The molecule has 0 unspecified atom stereocenters. The summed E-state index contributed by atoms with van der Waals surface area (Å²) in [6.07, 6.45) is 4.66. The number of carbonyl (C=O) groups excluding carboxylic acids is 1. The van der Waals surface area contributed by atoms with Crippen LogP contribution in [0.4, 0.5) is 5.69 Å². The standard InChI is InChI=1S/C24H28N4O4S/c1-17-7-6-8-19(15-17)24-26-23(32-27-24)16-28(21-9-4-3-5-10-21)33(30,31)22-13-11-20(12-14-22)25-18(2)29/h6-8,11-15,21H,3-5,9-10,16H2,1-2H3,(H,25,29). The van der Waals surface area contributed by atoms with Crippen molar-refractivity contribution in [2.45, 2.75) is 63.4 Å². The summed E-state index contributed by atoms with van der Waals surface area (Å²) in [5.41, 5.74) is 2.45. The molecule has 0 saturated heterocycles. The first-order valence-corrected chi connectivity index (χ1v) is 12.6. The van der Waals surface area contributed by atoms with Gasteiger partial charge in [-0.2, -0.15) is 9.29 Å². The molecule has 1 aliphatic carbocycles. The van der Waals surface area contributed by atoms with E-state index in [0.717, 1.165) is 43.2 Å². The number of hydrogen-bond acceptors (Lipinski definition) is 6. The van der Waals surface area contributed by atoms with Crippen molar-refractivity contribution in [3.05, 3.63) is 60.0 Å². The Morgan fingerprint density at radius 3 is 2.52 bits per heavy atom. The fourth-order valence-corrected chi connectivity index (χ4v) is 5.82. The van der Waals surface area contributed by atoms with Gasteiger partial charge in [-0.3, -0.25) is 4.79 Å². The predicted molar refractivity (Wildman–Crippen MR) is 125 cm³/mol. The molecule has 4 rings (SSSR count). The molecular formula is C24H28N4O4S. The Balaban J connectivity index is 1.62. The monoisotopic (exact) mass is 468 g/mol. The molecular weight excluding hydrogens is 440 g/mol. The van der Waals surface area contributed by atoms with Gasteiger partial charge in [-0.15, -0.1) is 0 Å². The van der Waals surface area contributed by atoms with E-state index < -0.39 is 10.0 Å². The first kappa shape index (κ1) is 23.1. The fraction of sp³-hybridized carbons (Fsp3) is 0.375. The molecule has 1 amide bonds. The van der Waals surface area contributed by atoms with E-state index in [1.807, 2.05) is 31.2 Å². The van der Waals surface area contributed by atoms with Crippen LogP contribution in [-0.2, 0) is 21.4 Å². The molecule has 9 heteroatoms. The lowest BCUT2D eigenvalue weighted by atomic mass is 9.95. The van der Waals surface area contributed by atoms with Crippen LogP contribution in [0.3, 0.4) is 0 Å². The maximum absolute atomic E-state index is 13.6. The van der Waals surface area contributed by atoms with Crippen molar-refractivity contribution in [2.24, 2.45) is 0 Å². The van der Waals surface area contributed by atoms with Crippen molar-refractivity contribution in [3.8, 4) is 11.4 Å². The third-order valence-electron chi connectivity index (χ3n) is 5.80. The van der Waals surface area contributed by atoms with Gasteiger partial charge < -0.3 is 9.84 Å². The second-order valence-electron chi connectivity index (χ2n) is 8.43. The maximum Gasteiger partial charge on any atom is 0.243 e. The highest BCUT2D eigenvalue weighted by molar-refractivity contribution is 7.89. The van der Waals surface area contributed by atoms with Crippen molar-refractivity contribution in [1.82, 2.24) is 14.4 Å². The zero-order valence-corrected chi connectivity index (χ0v) is 19.6. The zero-order chi connectivity index (χ0) is 23.4. The van der Waals surface area contributed by atoms with E-state index in [-0.39, 0.29) is 29.3 Å². The van der Waals surface area contributed by atoms with Crippen LogP contribution in [0.2, 0.25) is 0 Å². The highest BCUT2D eigenvalue weighted by atomic mass is 32.2. The molecule has 1 heterocycles. The number of rotatable bonds is 7. The Morgan fingerprint density at radius 2 is 1.85 bits per heavy atom. The smallest absolute Gasteiger partial charge is 0.243 e. The minimum absolute atomic E-state index is 0.0132. The van der Waals surface area contributed by atoms with Gasteiger partial charge in [0.25, 0.3) is 0 Å². The minimum atomic E-state index is -3.81. The summed E-state index contributed by atoms with van der Waals surface area (Å²) in [6.45, 7) is 3.41. The maximum atomic E-state index is 13.6. The summed E-state index contributed by atoms with van der Waals surface area (Å²) in [7, 11) is -3.81. The van der Waals surface area contributed by atoms with Gasteiger partial charge in [-0.1, -0.05) is 48.2 Å². The Kier molecular flexibility index (Phi) is 6.90. The van der Waals surface area contributed by atoms with Crippen molar-refractivity contribution in [1.29, 1.82) is 0 Å². The Hall–Kier alpha value is -3.04. The topological polar surface area (TPSA) is 105 Å². The molecule has 1 aromatic heterocycles. The lowest BCUT2D eigenvalue weighted by Gasteiger charge is -2.32. The molecule has 0 atom stereocenters. The quantitative estimate of drug-likeness (QED) is 0.546. The van der Waals surface area contributed by atoms with Crippen LogP contribution in [0.1, 0.15) is 50.5 Å². The molecule has 0 bridgehead atoms. The van der Waals surface area contributed by atoms with Gasteiger partial charge in [-0.25, -0.2) is 8.42 Å². The second-order valence-corrected chi connectivity index (χ2v) is 10.3. The molecule has 33 heavy (non-hydrogen) atoms. The largest absolute Gasteiger partial charge is 0.338 e. The lowest BCUT2D eigenvalue weighted by molar-refractivity contribution is -0.114. The first-order valence-electron chi connectivity index (χ1n) is 11.1. The van der Waals surface area contributed by atoms with Crippen molar-refractivity contribution in [2.75, 3.05) is 5.32 Å². The predicted octanol–water partition coefficient (Wildman–Crippen LogP) is 4.53. The molecule has 1 saturated carbocycles. The number of anilines is 1. The van der Waals surface area contributed by atoms with Crippen LogP contribution in [0.15, 0.2) is 57.9 Å². The Bertz CT molecular complexity index is 1220. The SMILES string of the molecule is CC(=O)Nc1ccc(S(=O)(=O)N(Cc2nc(-c3cccc(C)c3)no2)C2CCCCC2)cc1. The van der Waals surface area contributed by atoms with Gasteiger partial charge in [0.15, 0.2) is 0 Å². The number of nitrogens with zero attached hydrogens (tertiary/aromatic N) is 3. The van der Waals surface area contributed by atoms with Crippen molar-refractivity contribution < 1.29 is 17.7 Å². The first-order chi connectivity index (χ1) is 15.8. The van der Waals surface area contributed by atoms with E-state index in [0.29, 0.717) is 11.5 Å². The van der Waals surface area contributed by atoms with Crippen LogP contribution < -0.4 is 5.32 Å². The molecule has 1 fully saturated rings. The molecule has 8 nitrogen and oxygen atoms in total. The molecule has 2 aromatic carbocycles. The Labute approximate surface area is 194 Å². The van der Waals surface area contributed by atoms with E-state index in [4.69, 9.17) is 4.52 Å². The highest BCUT2D eigenvalue weighted by Gasteiger charge is 2.34. The van der Waals surface area contributed by atoms with Crippen molar-refractivity contribution >= 4 is 21.6 Å². The fourth-order valence-electron chi connectivity index (χ4n) is 4.18. The molecule has 0 spiro atoms. The molecule has 3 aromatic rings. The van der Waals surface area contributed by atoms with Gasteiger partial charge >= 0.3 is 0 Å². The average molecular weight is 469 g/mol. The van der Waals surface area contributed by atoms with Crippen LogP contribution in [-0.4, -0.2) is 34.8 Å². The molecule has 1 N–H and O–H groups in total. The number of hydrogen-bond donors (Lipinski definition) is 1. The Morgan fingerprint density at radius 1 is 1.12 bits per heavy atom. The molecule has 0 aliphatic heterocycles. The zero-order valence-electron chi connectivity index (χ0n) is 18.8. The van der Waals surface area contributed by atoms with Crippen LogP contribution >= 0.6 is 0 Å². The lowest BCUT2D eigenvalue weighted by Crippen LogP contribution is -2.41. The number of benzene rings is 2. The van der Waals surface area contributed by atoms with Gasteiger partial charge in [0.1, 0.15) is 0 Å². The van der Waals surface area contributed by atoms with E-state index in [1.165, 1.54) is 23.4 Å². The third-order valence-corrected chi connectivity index (χ3v) is 7.71.